The van der Waals surface area contributed by atoms with Crippen LogP contribution in [0.15, 0.2) is 0 Å². The molecular weight excluding hydrogens is 1150 g/mol. The number of piperazine rings is 1. The zero-order valence-corrected chi connectivity index (χ0v) is 57.7. The van der Waals surface area contributed by atoms with Crippen LogP contribution in [-0.4, -0.2) is 217 Å². The smallest absolute Gasteiger partial charge is 0.305 e. The molecule has 0 aromatic heterocycles. The highest BCUT2D eigenvalue weighted by Gasteiger charge is 2.29. The molecule has 1 aliphatic rings. The molecule has 20 nitrogen and oxygen atoms in total. The molecule has 528 valence electrons. The Labute approximate surface area is 545 Å². The predicted octanol–water partition coefficient (Wildman–Crippen LogP) is 10.8. The summed E-state index contributed by atoms with van der Waals surface area (Å²) in [5, 5.41) is 44.1. The van der Waals surface area contributed by atoms with E-state index in [0.717, 1.165) is 116 Å². The molecule has 6 unspecified atom stereocenters. The maximum absolute atomic E-state index is 13.0. The highest BCUT2D eigenvalue weighted by Crippen LogP contribution is 2.17. The quantitative estimate of drug-likeness (QED) is 0.0251. The molecule has 0 bridgehead atoms. The van der Waals surface area contributed by atoms with Crippen LogP contribution in [0.4, 0.5) is 0 Å². The SMILES string of the molecule is CCCCCCC(=O)OCCCCC(O)CN(CCCC(=O)OCCN1CC(C)N(CCOC(=O)CCCN(CC(O)CCCCOC(=O)CCCCCC)CC(O)CCCCOC(=O)CCCCCC)CC1C)CC(O)CCCCOC(=O)CCCCCC. The van der Waals surface area contributed by atoms with E-state index in [2.05, 4.69) is 51.3 Å². The Bertz CT molecular complexity index is 1580. The molecule has 1 heterocycles. The van der Waals surface area contributed by atoms with Crippen molar-refractivity contribution in [1.29, 1.82) is 0 Å². The minimum Gasteiger partial charge on any atom is -0.466 e. The van der Waals surface area contributed by atoms with Crippen LogP contribution in [0.2, 0.25) is 0 Å². The molecule has 0 spiro atoms. The zero-order valence-electron chi connectivity index (χ0n) is 57.7. The third-order valence-corrected chi connectivity index (χ3v) is 16.8. The molecular formula is C70H132N4O16. The van der Waals surface area contributed by atoms with Crippen LogP contribution in [0.3, 0.4) is 0 Å². The fourth-order valence-electron chi connectivity index (χ4n) is 11.3. The van der Waals surface area contributed by atoms with Gasteiger partial charge in [-0.25, -0.2) is 0 Å². The van der Waals surface area contributed by atoms with Crippen molar-refractivity contribution < 1.29 is 77.6 Å². The van der Waals surface area contributed by atoms with Crippen molar-refractivity contribution in [3.63, 3.8) is 0 Å². The highest BCUT2D eigenvalue weighted by molar-refractivity contribution is 5.71. The Balaban J connectivity index is 2.60. The summed E-state index contributed by atoms with van der Waals surface area (Å²) in [6.07, 6.45) is 24.2. The number of hydrogen-bond acceptors (Lipinski definition) is 20. The van der Waals surface area contributed by atoms with Crippen molar-refractivity contribution >= 4 is 35.8 Å². The second kappa shape index (κ2) is 58.1. The molecule has 0 aromatic carbocycles. The van der Waals surface area contributed by atoms with Crippen LogP contribution in [0.25, 0.3) is 0 Å². The van der Waals surface area contributed by atoms with Gasteiger partial charge in [-0.15, -0.1) is 0 Å². The van der Waals surface area contributed by atoms with Crippen LogP contribution in [-0.2, 0) is 57.2 Å². The Morgan fingerprint density at radius 3 is 0.811 bits per heavy atom. The van der Waals surface area contributed by atoms with Crippen molar-refractivity contribution in [2.24, 2.45) is 0 Å². The average molecular weight is 1290 g/mol. The second-order valence-electron chi connectivity index (χ2n) is 25.6. The first-order valence-corrected chi connectivity index (χ1v) is 36.1. The Morgan fingerprint density at radius 2 is 0.567 bits per heavy atom. The molecule has 0 saturated carbocycles. The Hall–Kier alpha value is -3.50. The minimum absolute atomic E-state index is 0.176. The summed E-state index contributed by atoms with van der Waals surface area (Å²) in [5.41, 5.74) is 0. The molecule has 0 amide bonds. The first-order valence-electron chi connectivity index (χ1n) is 36.1. The number of aliphatic hydroxyl groups excluding tert-OH is 4. The standard InChI is InChI=1S/C70H132N4O16/c1-7-11-15-19-37-65(79)85-47-27-23-33-61(75)55-71(56-62(76)34-24-28-48-86-66(80)38-20-16-12-8-2)43-31-41-69(83)89-51-45-73-53-60(6)74(54-59(73)5)46-52-90-70(84)42-32-44-72(57-63(77)35-25-29-49-87-67(81)39-21-17-13-9-3)58-64(78)36-26-30-50-88-68(82)40-22-18-14-10-4/h59-64,75-78H,7-58H2,1-6H3. The lowest BCUT2D eigenvalue weighted by atomic mass is 10.1. The lowest BCUT2D eigenvalue weighted by molar-refractivity contribution is -0.146. The molecule has 0 radical (unpaired) electrons. The number of esters is 6. The van der Waals surface area contributed by atoms with Gasteiger partial charge in [-0.2, -0.15) is 0 Å². The van der Waals surface area contributed by atoms with E-state index in [1.165, 1.54) is 0 Å². The lowest BCUT2D eigenvalue weighted by Gasteiger charge is -2.44. The molecule has 4 N–H and O–H groups in total. The van der Waals surface area contributed by atoms with E-state index in [9.17, 15) is 49.2 Å². The fourth-order valence-corrected chi connectivity index (χ4v) is 11.3. The van der Waals surface area contributed by atoms with Gasteiger partial charge >= 0.3 is 35.8 Å². The molecule has 1 rings (SSSR count). The molecule has 20 heteroatoms. The maximum atomic E-state index is 13.0. The fraction of sp³-hybridized carbons (Fsp3) is 0.914. The van der Waals surface area contributed by atoms with Gasteiger partial charge in [0.1, 0.15) is 13.2 Å². The summed E-state index contributed by atoms with van der Waals surface area (Å²) in [5.74, 6) is -1.30. The summed E-state index contributed by atoms with van der Waals surface area (Å²) in [6, 6.07) is 0.351. The van der Waals surface area contributed by atoms with E-state index in [1.54, 1.807) is 0 Å². The van der Waals surface area contributed by atoms with E-state index >= 15 is 0 Å². The first-order chi connectivity index (χ1) is 43.5. The summed E-state index contributed by atoms with van der Waals surface area (Å²) in [4.78, 5) is 83.0. The van der Waals surface area contributed by atoms with Crippen molar-refractivity contribution in [3.05, 3.63) is 0 Å². The molecule has 1 saturated heterocycles. The van der Waals surface area contributed by atoms with Crippen molar-refractivity contribution in [1.82, 2.24) is 19.6 Å². The number of nitrogens with zero attached hydrogens (tertiary/aromatic N) is 4. The summed E-state index contributed by atoms with van der Waals surface area (Å²) in [7, 11) is 0. The Morgan fingerprint density at radius 1 is 0.333 bits per heavy atom. The molecule has 1 aliphatic heterocycles. The van der Waals surface area contributed by atoms with Crippen molar-refractivity contribution in [3.8, 4) is 0 Å². The molecule has 1 fully saturated rings. The van der Waals surface area contributed by atoms with Crippen LogP contribution in [0, 0.1) is 0 Å². The number of unbranched alkanes of at least 4 members (excludes halogenated alkanes) is 16. The second-order valence-corrected chi connectivity index (χ2v) is 25.6. The largest absolute Gasteiger partial charge is 0.466 e. The van der Waals surface area contributed by atoms with Gasteiger partial charge in [-0.3, -0.25) is 48.4 Å². The van der Waals surface area contributed by atoms with Crippen LogP contribution in [0.5, 0.6) is 0 Å². The first kappa shape index (κ1) is 84.5. The van der Waals surface area contributed by atoms with Crippen LogP contribution in [0.1, 0.15) is 273 Å². The van der Waals surface area contributed by atoms with E-state index < -0.39 is 24.4 Å². The van der Waals surface area contributed by atoms with Crippen molar-refractivity contribution in [2.45, 2.75) is 309 Å². The predicted molar refractivity (Wildman–Crippen MR) is 354 cm³/mol. The molecule has 90 heavy (non-hydrogen) atoms. The number of ether oxygens (including phenoxy) is 6. The maximum Gasteiger partial charge on any atom is 0.305 e. The number of hydrogen-bond donors (Lipinski definition) is 4. The van der Waals surface area contributed by atoms with E-state index in [0.29, 0.717) is 194 Å². The van der Waals surface area contributed by atoms with Gasteiger partial charge in [0, 0.05) is 103 Å². The molecule has 0 aromatic rings. The van der Waals surface area contributed by atoms with Gasteiger partial charge in [0.15, 0.2) is 0 Å². The lowest BCUT2D eigenvalue weighted by Crippen LogP contribution is -2.57. The van der Waals surface area contributed by atoms with E-state index in [4.69, 9.17) is 28.4 Å². The topological polar surface area (TPSA) is 252 Å². The van der Waals surface area contributed by atoms with E-state index in [1.807, 2.05) is 9.80 Å². The van der Waals surface area contributed by atoms with E-state index in [-0.39, 0.29) is 74.0 Å². The number of aliphatic hydroxyl groups is 4. The average Bonchev–Trinajstić information content (AvgIpc) is 1.39. The summed E-state index contributed by atoms with van der Waals surface area (Å²) < 4.78 is 33.0. The zero-order chi connectivity index (χ0) is 66.2. The van der Waals surface area contributed by atoms with Gasteiger partial charge in [0.2, 0.25) is 0 Å². The third kappa shape index (κ3) is 50.0. The molecule has 6 atom stereocenters. The number of carbonyl (C=O) groups is 6. The molecule has 0 aliphatic carbocycles. The van der Waals surface area contributed by atoms with Crippen LogP contribution >= 0.6 is 0 Å². The summed E-state index contributed by atoms with van der Waals surface area (Å²) >= 11 is 0. The highest BCUT2D eigenvalue weighted by atomic mass is 16.6. The van der Waals surface area contributed by atoms with Gasteiger partial charge in [-0.1, -0.05) is 105 Å². The summed E-state index contributed by atoms with van der Waals surface area (Å²) in [6.45, 7) is 19.6. The van der Waals surface area contributed by atoms with Gasteiger partial charge in [0.25, 0.3) is 0 Å². The van der Waals surface area contributed by atoms with Gasteiger partial charge < -0.3 is 48.8 Å². The normalized spacial score (nSPS) is 16.0. The Kier molecular flexibility index (Phi) is 54.6. The minimum atomic E-state index is -0.657. The van der Waals surface area contributed by atoms with Crippen molar-refractivity contribution in [2.75, 3.05) is 105 Å². The number of rotatable bonds is 62. The van der Waals surface area contributed by atoms with Gasteiger partial charge in [0.05, 0.1) is 50.8 Å². The third-order valence-electron chi connectivity index (χ3n) is 16.8. The monoisotopic (exact) mass is 1280 g/mol. The van der Waals surface area contributed by atoms with Crippen LogP contribution < -0.4 is 0 Å². The van der Waals surface area contributed by atoms with Gasteiger partial charge in [-0.05, 0) is 143 Å². The number of carbonyl (C=O) groups excluding carboxylic acids is 6.